The third-order valence-electron chi connectivity index (χ3n) is 4.27. The average molecular weight is 489 g/mol. The lowest BCUT2D eigenvalue weighted by atomic mass is 10.2. The van der Waals surface area contributed by atoms with Crippen LogP contribution in [0.3, 0.4) is 0 Å². The van der Waals surface area contributed by atoms with Gasteiger partial charge in [-0.3, -0.25) is 4.79 Å². The lowest BCUT2D eigenvalue weighted by molar-refractivity contribution is 0.0954. The molecule has 0 aromatic heterocycles. The van der Waals surface area contributed by atoms with Crippen molar-refractivity contribution in [2.75, 3.05) is 13.7 Å². The number of halogens is 1. The Morgan fingerprint density at radius 1 is 1.06 bits per heavy atom. The van der Waals surface area contributed by atoms with E-state index in [1.54, 1.807) is 30.3 Å². The second-order valence-corrected chi connectivity index (χ2v) is 8.54. The van der Waals surface area contributed by atoms with Crippen molar-refractivity contribution >= 4 is 33.8 Å². The van der Waals surface area contributed by atoms with Crippen molar-refractivity contribution in [3.63, 3.8) is 0 Å². The molecular weight excluding hydrogens is 468 g/mol. The van der Waals surface area contributed by atoms with E-state index in [0.717, 1.165) is 0 Å². The third-order valence-corrected chi connectivity index (χ3v) is 5.79. The predicted octanol–water partition coefficient (Wildman–Crippen LogP) is 4.28. The first-order valence-electron chi connectivity index (χ1n) is 9.76. The zero-order valence-corrected chi connectivity index (χ0v) is 19.4. The van der Waals surface area contributed by atoms with E-state index in [4.69, 9.17) is 25.3 Å². The summed E-state index contributed by atoms with van der Waals surface area (Å²) in [6.45, 7) is 2.25. The van der Waals surface area contributed by atoms with Crippen LogP contribution in [0.25, 0.3) is 0 Å². The van der Waals surface area contributed by atoms with Crippen LogP contribution in [0.4, 0.5) is 0 Å². The fraction of sp³-hybridized carbons (Fsp3) is 0.130. The number of nitrogens with one attached hydrogen (secondary N) is 1. The van der Waals surface area contributed by atoms with Crippen molar-refractivity contribution in [1.29, 1.82) is 0 Å². The third kappa shape index (κ3) is 6.47. The summed E-state index contributed by atoms with van der Waals surface area (Å²) in [4.78, 5) is 12.4. The molecule has 0 radical (unpaired) electrons. The Morgan fingerprint density at radius 3 is 2.52 bits per heavy atom. The number of nitrogens with zero attached hydrogens (tertiary/aromatic N) is 1. The second-order valence-electron chi connectivity index (χ2n) is 6.56. The first kappa shape index (κ1) is 24.1. The maximum absolute atomic E-state index is 12.4. The van der Waals surface area contributed by atoms with Gasteiger partial charge < -0.3 is 13.7 Å². The lowest BCUT2D eigenvalue weighted by Gasteiger charge is -2.10. The van der Waals surface area contributed by atoms with Gasteiger partial charge in [0.25, 0.3) is 5.91 Å². The van der Waals surface area contributed by atoms with Crippen molar-refractivity contribution in [2.45, 2.75) is 11.8 Å². The second kappa shape index (κ2) is 10.8. The zero-order valence-electron chi connectivity index (χ0n) is 17.8. The Kier molecular flexibility index (Phi) is 7.92. The predicted molar refractivity (Wildman–Crippen MR) is 125 cm³/mol. The fourth-order valence-corrected chi connectivity index (χ4v) is 3.79. The molecular formula is C23H21ClN2O6S. The largest absolute Gasteiger partial charge is 0.493 e. The molecule has 1 amide bonds. The van der Waals surface area contributed by atoms with Crippen LogP contribution in [-0.4, -0.2) is 34.3 Å². The summed E-state index contributed by atoms with van der Waals surface area (Å²) in [7, 11) is -2.51. The molecule has 0 atom stereocenters. The first-order valence-corrected chi connectivity index (χ1v) is 11.6. The van der Waals surface area contributed by atoms with Gasteiger partial charge in [-0.15, -0.1) is 0 Å². The number of amides is 1. The van der Waals surface area contributed by atoms with Crippen LogP contribution < -0.4 is 19.1 Å². The van der Waals surface area contributed by atoms with Gasteiger partial charge in [0.05, 0.1) is 19.9 Å². The number of carbonyl (C=O) groups is 1. The molecule has 0 aliphatic rings. The van der Waals surface area contributed by atoms with Gasteiger partial charge in [0.1, 0.15) is 10.6 Å². The van der Waals surface area contributed by atoms with Crippen LogP contribution in [0.1, 0.15) is 22.8 Å². The smallest absolute Gasteiger partial charge is 0.339 e. The van der Waals surface area contributed by atoms with Gasteiger partial charge in [-0.1, -0.05) is 23.7 Å². The molecule has 33 heavy (non-hydrogen) atoms. The highest BCUT2D eigenvalue weighted by molar-refractivity contribution is 7.87. The average Bonchev–Trinajstić information content (AvgIpc) is 2.79. The minimum absolute atomic E-state index is 0.0239. The minimum atomic E-state index is -4.03. The molecule has 0 spiro atoms. The minimum Gasteiger partial charge on any atom is -0.493 e. The van der Waals surface area contributed by atoms with E-state index in [2.05, 4.69) is 10.5 Å². The zero-order chi connectivity index (χ0) is 23.8. The summed E-state index contributed by atoms with van der Waals surface area (Å²) < 4.78 is 40.7. The maximum atomic E-state index is 12.4. The number of methoxy groups -OCH3 is 1. The van der Waals surface area contributed by atoms with Crippen molar-refractivity contribution < 1.29 is 26.9 Å². The van der Waals surface area contributed by atoms with Gasteiger partial charge in [0.2, 0.25) is 0 Å². The van der Waals surface area contributed by atoms with Crippen molar-refractivity contribution in [1.82, 2.24) is 5.43 Å². The van der Waals surface area contributed by atoms with Gasteiger partial charge in [-0.25, -0.2) is 5.43 Å². The number of hydrogen-bond acceptors (Lipinski definition) is 7. The topological polar surface area (TPSA) is 103 Å². The van der Waals surface area contributed by atoms with Gasteiger partial charge in [0.15, 0.2) is 11.5 Å². The summed E-state index contributed by atoms with van der Waals surface area (Å²) in [5, 5.41) is 4.34. The fourth-order valence-electron chi connectivity index (χ4n) is 2.74. The van der Waals surface area contributed by atoms with Crippen LogP contribution in [0.2, 0.25) is 5.02 Å². The number of ether oxygens (including phenoxy) is 2. The molecule has 1 N–H and O–H groups in total. The molecule has 0 heterocycles. The van der Waals surface area contributed by atoms with E-state index in [0.29, 0.717) is 34.3 Å². The Morgan fingerprint density at radius 2 is 1.82 bits per heavy atom. The monoisotopic (exact) mass is 488 g/mol. The Labute approximate surface area is 196 Å². The first-order chi connectivity index (χ1) is 15.8. The number of benzene rings is 3. The standard InChI is InChI=1S/C23H21ClN2O6S/c1-3-31-22-14-17(7-12-21(22)30-2)23(27)26-25-15-16-5-4-6-19(13-16)32-33(28,29)20-10-8-18(24)9-11-20/h4-15H,3H2,1-2H3,(H,26,27)/b25-15+. The SMILES string of the molecule is CCOc1cc(C(=O)N/N=C/c2cccc(OS(=O)(=O)c3ccc(Cl)cc3)c2)ccc1OC. The molecule has 10 heteroatoms. The molecule has 3 rings (SSSR count). The highest BCUT2D eigenvalue weighted by Crippen LogP contribution is 2.28. The van der Waals surface area contributed by atoms with Gasteiger partial charge in [-0.2, -0.15) is 13.5 Å². The summed E-state index contributed by atoms with van der Waals surface area (Å²) in [5.41, 5.74) is 3.27. The number of rotatable bonds is 9. The van der Waals surface area contributed by atoms with Crippen LogP contribution in [0, 0.1) is 0 Å². The van der Waals surface area contributed by atoms with Gasteiger partial charge >= 0.3 is 10.1 Å². The van der Waals surface area contributed by atoms with E-state index < -0.39 is 16.0 Å². The summed E-state index contributed by atoms with van der Waals surface area (Å²) in [6.07, 6.45) is 1.37. The van der Waals surface area contributed by atoms with Gasteiger partial charge in [-0.05, 0) is 67.1 Å². The summed E-state index contributed by atoms with van der Waals surface area (Å²) >= 11 is 5.80. The number of carbonyl (C=O) groups excluding carboxylic acids is 1. The van der Waals surface area contributed by atoms with Crippen molar-refractivity contribution in [3.05, 3.63) is 82.9 Å². The molecule has 0 aliphatic heterocycles. The molecule has 3 aromatic rings. The molecule has 0 saturated carbocycles. The van der Waals surface area contributed by atoms with Crippen molar-refractivity contribution in [2.24, 2.45) is 5.10 Å². The quantitative estimate of drug-likeness (QED) is 0.274. The molecule has 8 nitrogen and oxygen atoms in total. The van der Waals surface area contributed by atoms with Crippen LogP contribution >= 0.6 is 11.6 Å². The van der Waals surface area contributed by atoms with E-state index in [1.807, 2.05) is 6.92 Å². The summed E-state index contributed by atoms with van der Waals surface area (Å²) in [5.74, 6) is 0.606. The Balaban J connectivity index is 1.68. The molecule has 3 aromatic carbocycles. The van der Waals surface area contributed by atoms with Crippen LogP contribution in [-0.2, 0) is 10.1 Å². The van der Waals surface area contributed by atoms with Crippen molar-refractivity contribution in [3.8, 4) is 17.2 Å². The van der Waals surface area contributed by atoms with E-state index in [-0.39, 0.29) is 10.6 Å². The highest BCUT2D eigenvalue weighted by Gasteiger charge is 2.16. The Hall–Kier alpha value is -3.56. The normalized spacial score (nSPS) is 11.2. The molecule has 0 saturated heterocycles. The van der Waals surface area contributed by atoms with E-state index in [1.165, 1.54) is 49.7 Å². The number of hydrazone groups is 1. The molecule has 0 fully saturated rings. The molecule has 0 unspecified atom stereocenters. The molecule has 0 aliphatic carbocycles. The van der Waals surface area contributed by atoms with E-state index >= 15 is 0 Å². The summed E-state index contributed by atoms with van der Waals surface area (Å²) in [6, 6.07) is 16.7. The van der Waals surface area contributed by atoms with Crippen LogP contribution in [0.15, 0.2) is 76.7 Å². The number of hydrogen-bond donors (Lipinski definition) is 1. The lowest BCUT2D eigenvalue weighted by Crippen LogP contribution is -2.17. The Bertz CT molecular complexity index is 1260. The maximum Gasteiger partial charge on any atom is 0.339 e. The highest BCUT2D eigenvalue weighted by atomic mass is 35.5. The van der Waals surface area contributed by atoms with Crippen LogP contribution in [0.5, 0.6) is 17.2 Å². The van der Waals surface area contributed by atoms with Gasteiger partial charge in [0, 0.05) is 10.6 Å². The molecule has 0 bridgehead atoms. The van der Waals surface area contributed by atoms with E-state index in [9.17, 15) is 13.2 Å². The molecule has 172 valence electrons.